The average molecular weight is 227 g/mol. The average Bonchev–Trinajstić information content (AvgIpc) is 2.68. The van der Waals surface area contributed by atoms with E-state index in [1.54, 1.807) is 30.6 Å². The van der Waals surface area contributed by atoms with Crippen LogP contribution in [0.5, 0.6) is 0 Å². The number of carbonyl (C=O) groups excluding carboxylic acids is 2. The van der Waals surface area contributed by atoms with Gasteiger partial charge in [0, 0.05) is 18.1 Å². The molecule has 0 aliphatic carbocycles. The minimum atomic E-state index is -0.154. The highest BCUT2D eigenvalue weighted by atomic mass is 16.2. The van der Waals surface area contributed by atoms with E-state index in [0.717, 1.165) is 11.0 Å². The highest BCUT2D eigenvalue weighted by molar-refractivity contribution is 6.15. The van der Waals surface area contributed by atoms with Crippen molar-refractivity contribution in [3.05, 3.63) is 30.6 Å². The monoisotopic (exact) mass is 227 g/mol. The molecule has 1 aliphatic heterocycles. The third kappa shape index (κ3) is 1.65. The van der Waals surface area contributed by atoms with Gasteiger partial charge in [-0.3, -0.25) is 19.6 Å². The molecule has 0 saturated carbocycles. The van der Waals surface area contributed by atoms with E-state index in [2.05, 4.69) is 9.97 Å². The predicted molar refractivity (Wildman–Crippen MR) is 61.5 cm³/mol. The Morgan fingerprint density at radius 3 is 2.53 bits per heavy atom. The second-order valence-corrected chi connectivity index (χ2v) is 3.92. The SMILES string of the molecule is O=C1CC(=O)N(c2ccc3nccnc3c2)C1. The normalized spacial score (nSPS) is 15.9. The van der Waals surface area contributed by atoms with Gasteiger partial charge in [0.1, 0.15) is 0 Å². The maximum Gasteiger partial charge on any atom is 0.234 e. The lowest BCUT2D eigenvalue weighted by Gasteiger charge is -2.14. The molecule has 3 rings (SSSR count). The summed E-state index contributed by atoms with van der Waals surface area (Å²) in [5.41, 5.74) is 2.19. The van der Waals surface area contributed by atoms with Gasteiger partial charge in [-0.2, -0.15) is 0 Å². The first-order chi connectivity index (χ1) is 8.24. The molecule has 0 radical (unpaired) electrons. The Labute approximate surface area is 97.1 Å². The molecule has 5 heteroatoms. The topological polar surface area (TPSA) is 63.2 Å². The van der Waals surface area contributed by atoms with Crippen LogP contribution in [0.15, 0.2) is 30.6 Å². The maximum absolute atomic E-state index is 11.6. The number of aromatic nitrogens is 2. The van der Waals surface area contributed by atoms with Crippen molar-refractivity contribution >= 4 is 28.4 Å². The van der Waals surface area contributed by atoms with E-state index in [9.17, 15) is 9.59 Å². The molecule has 1 amide bonds. The zero-order valence-corrected chi connectivity index (χ0v) is 8.96. The Bertz CT molecular complexity index is 624. The van der Waals surface area contributed by atoms with Crippen LogP contribution in [0.2, 0.25) is 0 Å². The Morgan fingerprint density at radius 1 is 1.06 bits per heavy atom. The maximum atomic E-state index is 11.6. The van der Waals surface area contributed by atoms with E-state index in [1.807, 2.05) is 0 Å². The smallest absolute Gasteiger partial charge is 0.234 e. The summed E-state index contributed by atoms with van der Waals surface area (Å²) in [6.45, 7) is 0.157. The number of hydrogen-bond acceptors (Lipinski definition) is 4. The molecule has 1 aromatic heterocycles. The first-order valence-corrected chi connectivity index (χ1v) is 5.27. The van der Waals surface area contributed by atoms with Crippen molar-refractivity contribution < 1.29 is 9.59 Å². The molecular formula is C12H9N3O2. The van der Waals surface area contributed by atoms with Gasteiger partial charge in [-0.05, 0) is 18.2 Å². The zero-order valence-electron chi connectivity index (χ0n) is 8.96. The Balaban J connectivity index is 2.06. The zero-order chi connectivity index (χ0) is 11.8. The van der Waals surface area contributed by atoms with Crippen molar-refractivity contribution in [2.75, 3.05) is 11.4 Å². The van der Waals surface area contributed by atoms with Crippen molar-refractivity contribution in [2.45, 2.75) is 6.42 Å². The summed E-state index contributed by atoms with van der Waals surface area (Å²) in [6.07, 6.45) is 3.22. The molecule has 2 heterocycles. The molecule has 0 bridgehead atoms. The lowest BCUT2D eigenvalue weighted by atomic mass is 10.2. The molecule has 1 fully saturated rings. The summed E-state index contributed by atoms with van der Waals surface area (Å²) in [5.74, 6) is -0.201. The summed E-state index contributed by atoms with van der Waals surface area (Å²) in [5, 5.41) is 0. The quantitative estimate of drug-likeness (QED) is 0.680. The van der Waals surface area contributed by atoms with E-state index in [1.165, 1.54) is 4.90 Å². The lowest BCUT2D eigenvalue weighted by Crippen LogP contribution is -2.24. The van der Waals surface area contributed by atoms with Gasteiger partial charge in [0.05, 0.1) is 24.0 Å². The predicted octanol–water partition coefficient (Wildman–Crippen LogP) is 0.936. The van der Waals surface area contributed by atoms with Gasteiger partial charge in [0.15, 0.2) is 5.78 Å². The molecule has 17 heavy (non-hydrogen) atoms. The Morgan fingerprint density at radius 2 is 1.82 bits per heavy atom. The molecule has 0 N–H and O–H groups in total. The second kappa shape index (κ2) is 3.62. The summed E-state index contributed by atoms with van der Waals surface area (Å²) in [6, 6.07) is 5.36. The molecule has 0 unspecified atom stereocenters. The number of Topliss-reactive ketones (excluding diaryl/α,β-unsaturated/α-hetero) is 1. The number of amides is 1. The summed E-state index contributed by atoms with van der Waals surface area (Å²) in [7, 11) is 0. The van der Waals surface area contributed by atoms with E-state index >= 15 is 0 Å². The summed E-state index contributed by atoms with van der Waals surface area (Å²) < 4.78 is 0. The van der Waals surface area contributed by atoms with Gasteiger partial charge in [-0.15, -0.1) is 0 Å². The third-order valence-corrected chi connectivity index (χ3v) is 2.75. The largest absolute Gasteiger partial charge is 0.305 e. The van der Waals surface area contributed by atoms with Crippen molar-refractivity contribution in [1.29, 1.82) is 0 Å². The van der Waals surface area contributed by atoms with Gasteiger partial charge < -0.3 is 4.90 Å². The fourth-order valence-electron chi connectivity index (χ4n) is 1.94. The number of ketones is 1. The van der Waals surface area contributed by atoms with Crippen LogP contribution in [0, 0.1) is 0 Å². The van der Waals surface area contributed by atoms with Crippen molar-refractivity contribution in [3.63, 3.8) is 0 Å². The number of carbonyl (C=O) groups is 2. The molecule has 0 atom stereocenters. The van der Waals surface area contributed by atoms with Crippen LogP contribution in [0.4, 0.5) is 5.69 Å². The fraction of sp³-hybridized carbons (Fsp3) is 0.167. The fourth-order valence-corrected chi connectivity index (χ4v) is 1.94. The number of benzene rings is 1. The number of hydrogen-bond donors (Lipinski definition) is 0. The molecule has 1 saturated heterocycles. The number of nitrogens with zero attached hydrogens (tertiary/aromatic N) is 3. The van der Waals surface area contributed by atoms with Crippen LogP contribution in [0.3, 0.4) is 0 Å². The Hall–Kier alpha value is -2.30. The van der Waals surface area contributed by atoms with E-state index < -0.39 is 0 Å². The number of rotatable bonds is 1. The first kappa shape index (κ1) is 9.89. The van der Waals surface area contributed by atoms with Gasteiger partial charge >= 0.3 is 0 Å². The molecule has 1 aromatic carbocycles. The van der Waals surface area contributed by atoms with E-state index in [-0.39, 0.29) is 24.7 Å². The van der Waals surface area contributed by atoms with Gasteiger partial charge in [0.2, 0.25) is 5.91 Å². The van der Waals surface area contributed by atoms with Crippen LogP contribution in [-0.4, -0.2) is 28.2 Å². The summed E-state index contributed by atoms with van der Waals surface area (Å²) >= 11 is 0. The third-order valence-electron chi connectivity index (χ3n) is 2.75. The number of fused-ring (bicyclic) bond motifs is 1. The molecule has 1 aliphatic rings. The minimum absolute atomic E-state index is 0.00148. The summed E-state index contributed by atoms with van der Waals surface area (Å²) in [4.78, 5) is 32.6. The van der Waals surface area contributed by atoms with Crippen molar-refractivity contribution in [2.24, 2.45) is 0 Å². The molecule has 2 aromatic rings. The van der Waals surface area contributed by atoms with Crippen molar-refractivity contribution in [1.82, 2.24) is 9.97 Å². The Kier molecular flexibility index (Phi) is 2.11. The second-order valence-electron chi connectivity index (χ2n) is 3.92. The molecule has 84 valence electrons. The molecule has 0 spiro atoms. The van der Waals surface area contributed by atoms with E-state index in [4.69, 9.17) is 0 Å². The van der Waals surface area contributed by atoms with Crippen molar-refractivity contribution in [3.8, 4) is 0 Å². The van der Waals surface area contributed by atoms with Gasteiger partial charge in [-0.1, -0.05) is 0 Å². The highest BCUT2D eigenvalue weighted by Gasteiger charge is 2.28. The van der Waals surface area contributed by atoms with E-state index in [0.29, 0.717) is 5.69 Å². The molecule has 5 nitrogen and oxygen atoms in total. The number of anilines is 1. The van der Waals surface area contributed by atoms with Gasteiger partial charge in [0.25, 0.3) is 0 Å². The van der Waals surface area contributed by atoms with Crippen LogP contribution in [-0.2, 0) is 9.59 Å². The highest BCUT2D eigenvalue weighted by Crippen LogP contribution is 2.22. The lowest BCUT2D eigenvalue weighted by molar-refractivity contribution is -0.121. The van der Waals surface area contributed by atoms with Crippen LogP contribution in [0.25, 0.3) is 11.0 Å². The van der Waals surface area contributed by atoms with Crippen LogP contribution < -0.4 is 4.90 Å². The van der Waals surface area contributed by atoms with Gasteiger partial charge in [-0.25, -0.2) is 0 Å². The first-order valence-electron chi connectivity index (χ1n) is 5.27. The van der Waals surface area contributed by atoms with Crippen LogP contribution >= 0.6 is 0 Å². The standard InChI is InChI=1S/C12H9N3O2/c16-9-6-12(17)15(7-9)8-1-2-10-11(5-8)14-4-3-13-10/h1-5H,6-7H2. The molecular weight excluding hydrogens is 218 g/mol. The minimum Gasteiger partial charge on any atom is -0.305 e. The van der Waals surface area contributed by atoms with Crippen LogP contribution in [0.1, 0.15) is 6.42 Å².